The van der Waals surface area contributed by atoms with Gasteiger partial charge in [0.2, 0.25) is 0 Å². The van der Waals surface area contributed by atoms with Gasteiger partial charge in [0.1, 0.15) is 0 Å². The summed E-state index contributed by atoms with van der Waals surface area (Å²) in [6, 6.07) is 3.39. The van der Waals surface area contributed by atoms with Gasteiger partial charge >= 0.3 is 6.18 Å². The molecule has 0 aliphatic carbocycles. The van der Waals surface area contributed by atoms with Gasteiger partial charge in [0.05, 0.1) is 17.5 Å². The summed E-state index contributed by atoms with van der Waals surface area (Å²) in [5.74, 6) is 0.0736. The summed E-state index contributed by atoms with van der Waals surface area (Å²) in [5, 5.41) is 12.1. The van der Waals surface area contributed by atoms with Crippen LogP contribution in [0.5, 0.6) is 0 Å². The highest BCUT2D eigenvalue weighted by Gasteiger charge is 2.30. The second-order valence-electron chi connectivity index (χ2n) is 3.38. The number of alkyl halides is 4. The normalized spacial score (nSPS) is 13.5. The Bertz CT molecular complexity index is 386. The van der Waals surface area contributed by atoms with E-state index in [2.05, 4.69) is 5.32 Å². The van der Waals surface area contributed by atoms with Crippen molar-refractivity contribution in [2.75, 3.05) is 17.7 Å². The van der Waals surface area contributed by atoms with Crippen LogP contribution in [-0.4, -0.2) is 23.6 Å². The zero-order valence-corrected chi connectivity index (χ0v) is 11.5. The van der Waals surface area contributed by atoms with Gasteiger partial charge in [0.15, 0.2) is 0 Å². The Morgan fingerprint density at radius 1 is 1.41 bits per heavy atom. The van der Waals surface area contributed by atoms with Gasteiger partial charge in [-0.2, -0.15) is 13.2 Å². The molecule has 7 heteroatoms. The van der Waals surface area contributed by atoms with Crippen LogP contribution in [0.4, 0.5) is 18.9 Å². The first-order chi connectivity index (χ1) is 7.84. The molecule has 0 heterocycles. The van der Waals surface area contributed by atoms with Crippen molar-refractivity contribution in [3.8, 4) is 0 Å². The quantitative estimate of drug-likeness (QED) is 0.621. The van der Waals surface area contributed by atoms with E-state index in [9.17, 15) is 18.3 Å². The summed E-state index contributed by atoms with van der Waals surface area (Å²) in [6.07, 6.45) is -5.07. The van der Waals surface area contributed by atoms with E-state index < -0.39 is 17.8 Å². The maximum absolute atomic E-state index is 12.4. The lowest BCUT2D eigenvalue weighted by molar-refractivity contribution is -0.137. The molecule has 0 radical (unpaired) electrons. The Labute approximate surface area is 115 Å². The van der Waals surface area contributed by atoms with Crippen LogP contribution in [-0.2, 0) is 6.18 Å². The Balaban J connectivity index is 2.77. The van der Waals surface area contributed by atoms with Crippen LogP contribution < -0.4 is 5.32 Å². The zero-order chi connectivity index (χ0) is 13.1. The smallest absolute Gasteiger partial charge is 0.390 e. The van der Waals surface area contributed by atoms with Crippen molar-refractivity contribution in [2.24, 2.45) is 0 Å². The van der Waals surface area contributed by atoms with E-state index in [1.54, 1.807) is 0 Å². The minimum atomic E-state index is -4.34. The molecule has 17 heavy (non-hydrogen) atoms. The van der Waals surface area contributed by atoms with Gasteiger partial charge in [0.25, 0.3) is 0 Å². The maximum Gasteiger partial charge on any atom is 0.416 e. The van der Waals surface area contributed by atoms with Crippen molar-refractivity contribution in [3.63, 3.8) is 0 Å². The van der Waals surface area contributed by atoms with Crippen molar-refractivity contribution in [3.05, 3.63) is 27.3 Å². The molecule has 1 aromatic rings. The van der Waals surface area contributed by atoms with Gasteiger partial charge in [-0.1, -0.05) is 0 Å². The molecule has 2 nitrogen and oxygen atoms in total. The van der Waals surface area contributed by atoms with Crippen molar-refractivity contribution < 1.29 is 18.3 Å². The van der Waals surface area contributed by atoms with E-state index in [0.29, 0.717) is 9.26 Å². The van der Waals surface area contributed by atoms with Crippen LogP contribution >= 0.6 is 34.2 Å². The number of aliphatic hydroxyl groups excluding tert-OH is 1. The summed E-state index contributed by atoms with van der Waals surface area (Å²) >= 11 is 7.21. The fourth-order valence-corrected chi connectivity index (χ4v) is 1.93. The molecule has 1 aromatic carbocycles. The lowest BCUT2D eigenvalue weighted by Crippen LogP contribution is -2.21. The van der Waals surface area contributed by atoms with Crippen molar-refractivity contribution in [1.29, 1.82) is 0 Å². The molecule has 1 rings (SSSR count). The average molecular weight is 380 g/mol. The predicted molar refractivity (Wildman–Crippen MR) is 69.4 cm³/mol. The van der Waals surface area contributed by atoms with Gasteiger partial charge in [-0.05, 0) is 40.8 Å². The van der Waals surface area contributed by atoms with Gasteiger partial charge in [0, 0.05) is 15.8 Å². The third-order valence-electron chi connectivity index (χ3n) is 2.00. The van der Waals surface area contributed by atoms with Crippen LogP contribution in [0.1, 0.15) is 5.56 Å². The molecule has 1 unspecified atom stereocenters. The third kappa shape index (κ3) is 4.51. The lowest BCUT2D eigenvalue weighted by Gasteiger charge is -2.13. The van der Waals surface area contributed by atoms with Gasteiger partial charge in [-0.25, -0.2) is 0 Å². The molecule has 1 atom stereocenters. The zero-order valence-electron chi connectivity index (χ0n) is 8.56. The monoisotopic (exact) mass is 379 g/mol. The average Bonchev–Trinajstić information content (AvgIpc) is 2.25. The summed E-state index contributed by atoms with van der Waals surface area (Å²) in [4.78, 5) is 0. The van der Waals surface area contributed by atoms with Crippen molar-refractivity contribution in [2.45, 2.75) is 12.3 Å². The van der Waals surface area contributed by atoms with E-state index in [1.165, 1.54) is 6.07 Å². The molecule has 0 saturated carbocycles. The number of rotatable bonds is 4. The molecule has 96 valence electrons. The molecule has 0 spiro atoms. The number of benzene rings is 1. The number of aliphatic hydroxyl groups is 1. The van der Waals surface area contributed by atoms with Gasteiger partial charge < -0.3 is 10.4 Å². The molecule has 0 amide bonds. The maximum atomic E-state index is 12.4. The fraction of sp³-hybridized carbons (Fsp3) is 0.400. The van der Waals surface area contributed by atoms with E-state index in [0.717, 1.165) is 12.1 Å². The minimum absolute atomic E-state index is 0.0736. The Morgan fingerprint density at radius 2 is 2.06 bits per heavy atom. The SMILES string of the molecule is OC(CCl)CNc1ccc(C(F)(F)F)cc1I. The second-order valence-corrected chi connectivity index (χ2v) is 4.85. The van der Waals surface area contributed by atoms with Crippen LogP contribution in [0.3, 0.4) is 0 Å². The highest BCUT2D eigenvalue weighted by Crippen LogP contribution is 2.32. The Hall–Kier alpha value is -0.210. The fourth-order valence-electron chi connectivity index (χ4n) is 1.12. The molecule has 0 saturated heterocycles. The van der Waals surface area contributed by atoms with Crippen LogP contribution in [0.2, 0.25) is 0 Å². The first-order valence-electron chi connectivity index (χ1n) is 4.69. The number of halogens is 5. The van der Waals surface area contributed by atoms with Crippen LogP contribution in [0, 0.1) is 3.57 Å². The molecular weight excluding hydrogens is 369 g/mol. The highest BCUT2D eigenvalue weighted by molar-refractivity contribution is 14.1. The number of hydrogen-bond donors (Lipinski definition) is 2. The largest absolute Gasteiger partial charge is 0.416 e. The van der Waals surface area contributed by atoms with Crippen molar-refractivity contribution in [1.82, 2.24) is 0 Å². The summed E-state index contributed by atoms with van der Waals surface area (Å²) in [7, 11) is 0. The Morgan fingerprint density at radius 3 is 2.53 bits per heavy atom. The number of hydrogen-bond acceptors (Lipinski definition) is 2. The first kappa shape index (κ1) is 14.8. The standard InChI is InChI=1S/C10H10ClF3INO/c11-4-7(17)5-16-9-2-1-6(3-8(9)15)10(12,13)14/h1-3,7,16-17H,4-5H2. The molecular formula is C10H10ClF3INO. The Kier molecular flexibility index (Phi) is 5.33. The number of nitrogens with one attached hydrogen (secondary N) is 1. The first-order valence-corrected chi connectivity index (χ1v) is 6.30. The van der Waals surface area contributed by atoms with E-state index in [1.807, 2.05) is 22.6 Å². The van der Waals surface area contributed by atoms with Crippen molar-refractivity contribution >= 4 is 39.9 Å². The summed E-state index contributed by atoms with van der Waals surface area (Å²) in [5.41, 5.74) is -0.145. The molecule has 2 N–H and O–H groups in total. The highest BCUT2D eigenvalue weighted by atomic mass is 127. The lowest BCUT2D eigenvalue weighted by atomic mass is 10.2. The van der Waals surface area contributed by atoms with E-state index >= 15 is 0 Å². The molecule has 0 aromatic heterocycles. The van der Waals surface area contributed by atoms with E-state index in [4.69, 9.17) is 11.6 Å². The van der Waals surface area contributed by atoms with Crippen LogP contribution in [0.25, 0.3) is 0 Å². The second kappa shape index (κ2) is 6.10. The van der Waals surface area contributed by atoms with Gasteiger partial charge in [-0.15, -0.1) is 11.6 Å². The predicted octanol–water partition coefficient (Wildman–Crippen LogP) is 3.32. The summed E-state index contributed by atoms with van der Waals surface area (Å²) < 4.78 is 37.6. The molecule has 0 fully saturated rings. The summed E-state index contributed by atoms with van der Waals surface area (Å²) in [6.45, 7) is 0.199. The molecule has 0 bridgehead atoms. The van der Waals surface area contributed by atoms with Gasteiger partial charge in [-0.3, -0.25) is 0 Å². The minimum Gasteiger partial charge on any atom is -0.390 e. The van der Waals surface area contributed by atoms with E-state index in [-0.39, 0.29) is 12.4 Å². The molecule has 0 aliphatic rings. The number of anilines is 1. The molecule has 0 aliphatic heterocycles. The third-order valence-corrected chi connectivity index (χ3v) is 3.25. The van der Waals surface area contributed by atoms with Crippen LogP contribution in [0.15, 0.2) is 18.2 Å². The topological polar surface area (TPSA) is 32.3 Å².